The van der Waals surface area contributed by atoms with Crippen LogP contribution < -0.4 is 0 Å². The van der Waals surface area contributed by atoms with Crippen LogP contribution in [-0.2, 0) is 6.61 Å². The van der Waals surface area contributed by atoms with Gasteiger partial charge in [0.25, 0.3) is 0 Å². The molecule has 4 nitrogen and oxygen atoms in total. The van der Waals surface area contributed by atoms with Crippen molar-refractivity contribution >= 4 is 0 Å². The first kappa shape index (κ1) is 11.7. The highest BCUT2D eigenvalue weighted by Crippen LogP contribution is 2.19. The number of aromatic nitrogens is 3. The molecule has 0 aromatic carbocycles. The Bertz CT molecular complexity index is 563. The molecule has 5 heteroatoms. The Labute approximate surface area is 98.7 Å². The Hall–Kier alpha value is -1.75. The fourth-order valence-corrected chi connectivity index (χ4v) is 1.67. The number of pyridine rings is 1. The van der Waals surface area contributed by atoms with Crippen molar-refractivity contribution in [1.82, 2.24) is 14.8 Å². The summed E-state index contributed by atoms with van der Waals surface area (Å²) < 4.78 is 15.5. The lowest BCUT2D eigenvalue weighted by atomic mass is 10.2. The number of aryl methyl sites for hydroxylation is 1. The van der Waals surface area contributed by atoms with E-state index >= 15 is 0 Å². The molecule has 0 radical (unpaired) electrons. The van der Waals surface area contributed by atoms with E-state index in [0.717, 1.165) is 17.0 Å². The van der Waals surface area contributed by atoms with Gasteiger partial charge >= 0.3 is 0 Å². The number of hydrogen-bond donors (Lipinski definition) is 1. The lowest BCUT2D eigenvalue weighted by molar-refractivity contribution is 0.275. The van der Waals surface area contributed by atoms with Crippen LogP contribution in [0.5, 0.6) is 0 Å². The van der Waals surface area contributed by atoms with Gasteiger partial charge in [0.1, 0.15) is 0 Å². The summed E-state index contributed by atoms with van der Waals surface area (Å²) in [7, 11) is 0. The Morgan fingerprint density at radius 1 is 1.35 bits per heavy atom. The highest BCUT2D eigenvalue weighted by molar-refractivity contribution is 5.35. The third-order valence-corrected chi connectivity index (χ3v) is 2.97. The second-order valence-electron chi connectivity index (χ2n) is 3.97. The molecule has 0 aliphatic rings. The number of rotatable bonds is 2. The van der Waals surface area contributed by atoms with Gasteiger partial charge in [-0.2, -0.15) is 5.10 Å². The molecule has 0 atom stereocenters. The Kier molecular flexibility index (Phi) is 2.93. The number of halogens is 1. The molecule has 0 saturated heterocycles. The van der Waals surface area contributed by atoms with E-state index in [9.17, 15) is 4.39 Å². The maximum atomic E-state index is 14.0. The summed E-state index contributed by atoms with van der Waals surface area (Å²) >= 11 is 0. The van der Waals surface area contributed by atoms with E-state index in [4.69, 9.17) is 5.11 Å². The predicted molar refractivity (Wildman–Crippen MR) is 61.5 cm³/mol. The summed E-state index contributed by atoms with van der Waals surface area (Å²) in [6, 6.07) is 1.46. The summed E-state index contributed by atoms with van der Waals surface area (Å²) in [4.78, 5) is 3.99. The predicted octanol–water partition coefficient (Wildman–Crippen LogP) is 1.82. The lowest BCUT2D eigenvalue weighted by Crippen LogP contribution is -2.07. The van der Waals surface area contributed by atoms with Gasteiger partial charge in [0.2, 0.25) is 0 Å². The van der Waals surface area contributed by atoms with Gasteiger partial charge in [-0.1, -0.05) is 0 Å². The van der Waals surface area contributed by atoms with Crippen molar-refractivity contribution in [3.05, 3.63) is 40.6 Å². The standard InChI is InChI=1S/C12H14FN3O/c1-7-8(2)15-16(9(7)3)12-11(13)10(6-17)4-5-14-12/h4-5,17H,6H2,1-3H3. The van der Waals surface area contributed by atoms with E-state index in [1.54, 1.807) is 0 Å². The molecule has 0 saturated carbocycles. The van der Waals surface area contributed by atoms with Crippen LogP contribution in [-0.4, -0.2) is 19.9 Å². The smallest absolute Gasteiger partial charge is 0.190 e. The number of hydrogen-bond acceptors (Lipinski definition) is 3. The van der Waals surface area contributed by atoms with Crippen molar-refractivity contribution in [1.29, 1.82) is 0 Å². The average Bonchev–Trinajstić information content (AvgIpc) is 2.57. The number of aliphatic hydroxyl groups is 1. The first-order chi connectivity index (χ1) is 8.06. The third kappa shape index (κ3) is 1.82. The molecule has 2 aromatic rings. The summed E-state index contributed by atoms with van der Waals surface area (Å²) in [5.74, 6) is -0.397. The van der Waals surface area contributed by atoms with Crippen molar-refractivity contribution in [3.63, 3.8) is 0 Å². The summed E-state index contributed by atoms with van der Waals surface area (Å²) in [5.41, 5.74) is 2.93. The maximum Gasteiger partial charge on any atom is 0.190 e. The summed E-state index contributed by atoms with van der Waals surface area (Å²) in [6.45, 7) is 5.32. The van der Waals surface area contributed by atoms with Crippen LogP contribution in [0.4, 0.5) is 4.39 Å². The molecule has 0 spiro atoms. The molecule has 0 unspecified atom stereocenters. The van der Waals surface area contributed by atoms with Gasteiger partial charge in [-0.25, -0.2) is 14.1 Å². The van der Waals surface area contributed by atoms with Gasteiger partial charge in [-0.3, -0.25) is 0 Å². The largest absolute Gasteiger partial charge is 0.392 e. The molecule has 17 heavy (non-hydrogen) atoms. The van der Waals surface area contributed by atoms with E-state index in [0.29, 0.717) is 0 Å². The van der Waals surface area contributed by atoms with Gasteiger partial charge in [0.05, 0.1) is 12.3 Å². The van der Waals surface area contributed by atoms with Crippen molar-refractivity contribution < 1.29 is 9.50 Å². The number of aliphatic hydroxyl groups excluding tert-OH is 1. The molecule has 2 aromatic heterocycles. The molecule has 90 valence electrons. The van der Waals surface area contributed by atoms with E-state index in [2.05, 4.69) is 10.1 Å². The summed E-state index contributed by atoms with van der Waals surface area (Å²) in [5, 5.41) is 13.3. The van der Waals surface area contributed by atoms with Crippen molar-refractivity contribution in [2.45, 2.75) is 27.4 Å². The van der Waals surface area contributed by atoms with Crippen molar-refractivity contribution in [3.8, 4) is 5.82 Å². The SMILES string of the molecule is Cc1nn(-c2nccc(CO)c2F)c(C)c1C. The fourth-order valence-electron chi connectivity index (χ4n) is 1.67. The first-order valence-corrected chi connectivity index (χ1v) is 5.33. The van der Waals surface area contributed by atoms with Gasteiger partial charge in [0.15, 0.2) is 11.6 Å². The molecule has 0 bridgehead atoms. The van der Waals surface area contributed by atoms with E-state index in [-0.39, 0.29) is 18.0 Å². The van der Waals surface area contributed by atoms with Gasteiger partial charge < -0.3 is 5.11 Å². The molecular formula is C12H14FN3O. The first-order valence-electron chi connectivity index (χ1n) is 5.33. The Morgan fingerprint density at radius 2 is 2.06 bits per heavy atom. The highest BCUT2D eigenvalue weighted by Gasteiger charge is 2.15. The van der Waals surface area contributed by atoms with Crippen LogP contribution in [0.25, 0.3) is 5.82 Å². The minimum absolute atomic E-state index is 0.130. The molecule has 0 fully saturated rings. The zero-order valence-corrected chi connectivity index (χ0v) is 10.0. The second kappa shape index (κ2) is 4.25. The van der Waals surface area contributed by atoms with Crippen LogP contribution in [0.15, 0.2) is 12.3 Å². The van der Waals surface area contributed by atoms with E-state index in [1.807, 2.05) is 20.8 Å². The quantitative estimate of drug-likeness (QED) is 0.863. The van der Waals surface area contributed by atoms with Crippen LogP contribution in [0, 0.1) is 26.6 Å². The van der Waals surface area contributed by atoms with Gasteiger partial charge in [-0.05, 0) is 32.4 Å². The minimum atomic E-state index is -0.527. The van der Waals surface area contributed by atoms with E-state index < -0.39 is 5.82 Å². The topological polar surface area (TPSA) is 50.9 Å². The van der Waals surface area contributed by atoms with Crippen LogP contribution in [0.1, 0.15) is 22.5 Å². The maximum absolute atomic E-state index is 14.0. The number of nitrogens with zero attached hydrogens (tertiary/aromatic N) is 3. The zero-order valence-electron chi connectivity index (χ0n) is 10.0. The molecular weight excluding hydrogens is 221 g/mol. The monoisotopic (exact) mass is 235 g/mol. The van der Waals surface area contributed by atoms with Gasteiger partial charge in [0, 0.05) is 17.5 Å². The normalized spacial score (nSPS) is 10.9. The highest BCUT2D eigenvalue weighted by atomic mass is 19.1. The van der Waals surface area contributed by atoms with Crippen molar-refractivity contribution in [2.75, 3.05) is 0 Å². The summed E-state index contributed by atoms with van der Waals surface area (Å²) in [6.07, 6.45) is 1.47. The van der Waals surface area contributed by atoms with Crippen LogP contribution in [0.2, 0.25) is 0 Å². The Morgan fingerprint density at radius 3 is 2.59 bits per heavy atom. The lowest BCUT2D eigenvalue weighted by Gasteiger charge is -2.07. The van der Waals surface area contributed by atoms with Crippen molar-refractivity contribution in [2.24, 2.45) is 0 Å². The zero-order chi connectivity index (χ0) is 12.6. The fraction of sp³-hybridized carbons (Fsp3) is 0.333. The second-order valence-corrected chi connectivity index (χ2v) is 3.97. The third-order valence-electron chi connectivity index (χ3n) is 2.97. The average molecular weight is 235 g/mol. The molecule has 0 amide bonds. The van der Waals surface area contributed by atoms with Crippen LogP contribution in [0.3, 0.4) is 0 Å². The minimum Gasteiger partial charge on any atom is -0.392 e. The molecule has 2 heterocycles. The molecule has 0 aliphatic carbocycles. The Balaban J connectivity index is 2.64. The molecule has 0 aliphatic heterocycles. The van der Waals surface area contributed by atoms with Crippen LogP contribution >= 0.6 is 0 Å². The molecule has 1 N–H and O–H groups in total. The molecule has 2 rings (SSSR count). The van der Waals surface area contributed by atoms with Gasteiger partial charge in [-0.15, -0.1) is 0 Å². The van der Waals surface area contributed by atoms with E-state index in [1.165, 1.54) is 16.9 Å².